The fourth-order valence-corrected chi connectivity index (χ4v) is 1.64. The van der Waals surface area contributed by atoms with E-state index in [2.05, 4.69) is 5.16 Å². The molecule has 5 nitrogen and oxygen atoms in total. The first-order valence-electron chi connectivity index (χ1n) is 4.85. The van der Waals surface area contributed by atoms with Gasteiger partial charge >= 0.3 is 5.97 Å². The molecular formula is C10H16N2O3. The molecule has 0 bridgehead atoms. The molecule has 0 aliphatic carbocycles. The Morgan fingerprint density at radius 2 is 2.20 bits per heavy atom. The van der Waals surface area contributed by atoms with E-state index in [1.807, 2.05) is 13.8 Å². The number of rotatable bonds is 4. The first-order valence-corrected chi connectivity index (χ1v) is 4.85. The van der Waals surface area contributed by atoms with Crippen LogP contribution in [-0.2, 0) is 4.79 Å². The first kappa shape index (κ1) is 11.7. The second-order valence-electron chi connectivity index (χ2n) is 4.00. The third kappa shape index (κ3) is 2.56. The Balaban J connectivity index is 2.98. The number of aryl methyl sites for hydroxylation is 1. The van der Waals surface area contributed by atoms with Crippen LogP contribution in [0.1, 0.15) is 31.2 Å². The van der Waals surface area contributed by atoms with Gasteiger partial charge in [-0.1, -0.05) is 19.0 Å². The number of hydrogen-bond donors (Lipinski definition) is 2. The standard InChI is InChI=1S/C10H16N2O3/c1-5(2)8(9(11)10(13)14)7-4-6(3)15-12-7/h4-5,8-9H,11H2,1-3H3,(H,13,14). The molecule has 0 radical (unpaired) electrons. The molecule has 0 fully saturated rings. The average molecular weight is 212 g/mol. The number of nitrogens with zero attached hydrogens (tertiary/aromatic N) is 1. The maximum Gasteiger partial charge on any atom is 0.321 e. The van der Waals surface area contributed by atoms with Crippen LogP contribution in [0.2, 0.25) is 0 Å². The highest BCUT2D eigenvalue weighted by molar-refractivity contribution is 5.74. The molecule has 0 aromatic carbocycles. The van der Waals surface area contributed by atoms with Crippen molar-refractivity contribution in [1.82, 2.24) is 5.16 Å². The van der Waals surface area contributed by atoms with Crippen molar-refractivity contribution in [2.45, 2.75) is 32.7 Å². The molecule has 5 heteroatoms. The van der Waals surface area contributed by atoms with E-state index in [0.717, 1.165) is 0 Å². The molecule has 0 spiro atoms. The highest BCUT2D eigenvalue weighted by atomic mass is 16.5. The van der Waals surface area contributed by atoms with Crippen LogP contribution in [-0.4, -0.2) is 22.3 Å². The van der Waals surface area contributed by atoms with Gasteiger partial charge in [-0.3, -0.25) is 4.79 Å². The van der Waals surface area contributed by atoms with E-state index < -0.39 is 12.0 Å². The quantitative estimate of drug-likeness (QED) is 0.781. The lowest BCUT2D eigenvalue weighted by Gasteiger charge is -2.21. The molecule has 15 heavy (non-hydrogen) atoms. The van der Waals surface area contributed by atoms with Crippen LogP contribution in [0, 0.1) is 12.8 Å². The van der Waals surface area contributed by atoms with E-state index in [4.69, 9.17) is 15.4 Å². The van der Waals surface area contributed by atoms with E-state index in [1.54, 1.807) is 13.0 Å². The first-order chi connectivity index (χ1) is 6.93. The fraction of sp³-hybridized carbons (Fsp3) is 0.600. The Kier molecular flexibility index (Phi) is 3.47. The molecule has 3 N–H and O–H groups in total. The summed E-state index contributed by atoms with van der Waals surface area (Å²) in [6.07, 6.45) is 0. The summed E-state index contributed by atoms with van der Waals surface area (Å²) >= 11 is 0. The van der Waals surface area contributed by atoms with Crippen molar-refractivity contribution in [3.8, 4) is 0 Å². The van der Waals surface area contributed by atoms with Gasteiger partial charge in [0.1, 0.15) is 11.8 Å². The van der Waals surface area contributed by atoms with E-state index in [9.17, 15) is 4.79 Å². The zero-order valence-corrected chi connectivity index (χ0v) is 9.10. The monoisotopic (exact) mass is 212 g/mol. The molecule has 2 unspecified atom stereocenters. The number of carboxylic acid groups (broad SMARTS) is 1. The van der Waals surface area contributed by atoms with Crippen LogP contribution in [0.15, 0.2) is 10.6 Å². The van der Waals surface area contributed by atoms with Crippen molar-refractivity contribution in [3.05, 3.63) is 17.5 Å². The Bertz CT molecular complexity index is 346. The lowest BCUT2D eigenvalue weighted by molar-refractivity contribution is -0.139. The average Bonchev–Trinajstić information content (AvgIpc) is 2.51. The number of nitrogens with two attached hydrogens (primary N) is 1. The molecule has 0 saturated carbocycles. The van der Waals surface area contributed by atoms with Crippen LogP contribution in [0.5, 0.6) is 0 Å². The number of carbonyl (C=O) groups is 1. The van der Waals surface area contributed by atoms with Crippen molar-refractivity contribution in [2.75, 3.05) is 0 Å². The van der Waals surface area contributed by atoms with E-state index in [-0.39, 0.29) is 11.8 Å². The third-order valence-corrected chi connectivity index (χ3v) is 2.38. The van der Waals surface area contributed by atoms with Gasteiger partial charge in [0.15, 0.2) is 0 Å². The summed E-state index contributed by atoms with van der Waals surface area (Å²) in [6, 6.07) is 0.780. The van der Waals surface area contributed by atoms with Crippen LogP contribution < -0.4 is 5.73 Å². The van der Waals surface area contributed by atoms with Crippen molar-refractivity contribution in [3.63, 3.8) is 0 Å². The fourth-order valence-electron chi connectivity index (χ4n) is 1.64. The lowest BCUT2D eigenvalue weighted by Crippen LogP contribution is -2.39. The van der Waals surface area contributed by atoms with Gasteiger partial charge in [0.05, 0.1) is 5.69 Å². The Hall–Kier alpha value is -1.36. The highest BCUT2D eigenvalue weighted by Gasteiger charge is 2.30. The van der Waals surface area contributed by atoms with Gasteiger partial charge in [0.2, 0.25) is 0 Å². The highest BCUT2D eigenvalue weighted by Crippen LogP contribution is 2.26. The van der Waals surface area contributed by atoms with Crippen LogP contribution >= 0.6 is 0 Å². The topological polar surface area (TPSA) is 89.4 Å². The minimum atomic E-state index is -1.02. The number of carboxylic acids is 1. The third-order valence-electron chi connectivity index (χ3n) is 2.38. The Labute approximate surface area is 88.2 Å². The van der Waals surface area contributed by atoms with Crippen molar-refractivity contribution in [2.24, 2.45) is 11.7 Å². The minimum Gasteiger partial charge on any atom is -0.480 e. The second-order valence-corrected chi connectivity index (χ2v) is 4.00. The molecule has 84 valence electrons. The lowest BCUT2D eigenvalue weighted by atomic mass is 9.86. The largest absolute Gasteiger partial charge is 0.480 e. The molecule has 1 aromatic rings. The number of hydrogen-bond acceptors (Lipinski definition) is 4. The van der Waals surface area contributed by atoms with Gasteiger partial charge in [0.25, 0.3) is 0 Å². The van der Waals surface area contributed by atoms with Crippen LogP contribution in [0.3, 0.4) is 0 Å². The summed E-state index contributed by atoms with van der Waals surface area (Å²) in [7, 11) is 0. The SMILES string of the molecule is Cc1cc(C(C(C)C)C(N)C(=O)O)no1. The summed E-state index contributed by atoms with van der Waals surface area (Å²) in [4.78, 5) is 10.8. The molecular weight excluding hydrogens is 196 g/mol. The van der Waals surface area contributed by atoms with Crippen molar-refractivity contribution < 1.29 is 14.4 Å². The Morgan fingerprint density at radius 3 is 2.53 bits per heavy atom. The van der Waals surface area contributed by atoms with Crippen molar-refractivity contribution >= 4 is 5.97 Å². The normalized spacial score (nSPS) is 15.3. The predicted octanol–water partition coefficient (Wildman–Crippen LogP) is 1.13. The smallest absolute Gasteiger partial charge is 0.321 e. The molecule has 0 aliphatic rings. The zero-order chi connectivity index (χ0) is 11.6. The molecule has 0 amide bonds. The minimum absolute atomic E-state index is 0.0978. The van der Waals surface area contributed by atoms with Gasteiger partial charge < -0.3 is 15.4 Å². The van der Waals surface area contributed by atoms with Gasteiger partial charge in [-0.25, -0.2) is 0 Å². The summed E-state index contributed by atoms with van der Waals surface area (Å²) in [5.74, 6) is -0.580. The van der Waals surface area contributed by atoms with Gasteiger partial charge in [-0.2, -0.15) is 0 Å². The van der Waals surface area contributed by atoms with E-state index in [1.165, 1.54) is 0 Å². The van der Waals surface area contributed by atoms with E-state index in [0.29, 0.717) is 11.5 Å². The maximum absolute atomic E-state index is 10.8. The van der Waals surface area contributed by atoms with Gasteiger partial charge in [-0.15, -0.1) is 0 Å². The van der Waals surface area contributed by atoms with E-state index >= 15 is 0 Å². The molecule has 1 aromatic heterocycles. The van der Waals surface area contributed by atoms with Crippen LogP contribution in [0.25, 0.3) is 0 Å². The Morgan fingerprint density at radius 1 is 1.60 bits per heavy atom. The molecule has 0 saturated heterocycles. The summed E-state index contributed by atoms with van der Waals surface area (Å²) in [5, 5.41) is 12.7. The van der Waals surface area contributed by atoms with Gasteiger partial charge in [0, 0.05) is 12.0 Å². The summed E-state index contributed by atoms with van der Waals surface area (Å²) in [5.41, 5.74) is 6.23. The summed E-state index contributed by atoms with van der Waals surface area (Å²) in [6.45, 7) is 5.59. The maximum atomic E-state index is 10.8. The molecule has 1 heterocycles. The molecule has 2 atom stereocenters. The zero-order valence-electron chi connectivity index (χ0n) is 9.10. The molecule has 1 rings (SSSR count). The predicted molar refractivity (Wildman–Crippen MR) is 54.4 cm³/mol. The molecule has 0 aliphatic heterocycles. The number of aromatic nitrogens is 1. The van der Waals surface area contributed by atoms with Gasteiger partial charge in [-0.05, 0) is 12.8 Å². The summed E-state index contributed by atoms with van der Waals surface area (Å²) < 4.78 is 4.93. The number of aliphatic carboxylic acids is 1. The second kappa shape index (κ2) is 4.44. The van der Waals surface area contributed by atoms with Crippen LogP contribution in [0.4, 0.5) is 0 Å². The van der Waals surface area contributed by atoms with Crippen molar-refractivity contribution in [1.29, 1.82) is 0 Å².